The van der Waals surface area contributed by atoms with Crippen molar-refractivity contribution in [1.82, 2.24) is 9.80 Å². The summed E-state index contributed by atoms with van der Waals surface area (Å²) in [4.78, 5) is 25.3. The standard InChI is InChI=1S/C10H18N2O3/c1-8(13)11(2)9-4-3-5-12(6-9)7-10(14)15/h9H,3-7H2,1-2H3,(H,14,15)/t9-/m0/s1. The minimum atomic E-state index is -0.805. The molecule has 1 amide bonds. The Kier molecular flexibility index (Phi) is 4.08. The average molecular weight is 214 g/mol. The minimum absolute atomic E-state index is 0.0391. The summed E-state index contributed by atoms with van der Waals surface area (Å²) in [5.74, 6) is -0.765. The normalized spacial score (nSPS) is 22.4. The largest absolute Gasteiger partial charge is 0.480 e. The molecule has 1 saturated heterocycles. The molecule has 1 N–H and O–H groups in total. The summed E-state index contributed by atoms with van der Waals surface area (Å²) in [5.41, 5.74) is 0. The first-order valence-electron chi connectivity index (χ1n) is 5.18. The minimum Gasteiger partial charge on any atom is -0.480 e. The molecular formula is C10H18N2O3. The van der Waals surface area contributed by atoms with Gasteiger partial charge in [0.1, 0.15) is 0 Å². The maximum absolute atomic E-state index is 11.2. The van der Waals surface area contributed by atoms with Gasteiger partial charge in [-0.15, -0.1) is 0 Å². The van der Waals surface area contributed by atoms with E-state index in [4.69, 9.17) is 5.11 Å². The molecule has 0 aromatic heterocycles. The first kappa shape index (κ1) is 12.0. The van der Waals surface area contributed by atoms with Crippen LogP contribution < -0.4 is 0 Å². The van der Waals surface area contributed by atoms with E-state index in [1.807, 2.05) is 4.90 Å². The predicted octanol–water partition coefficient (Wildman–Crippen LogP) is 0.0137. The number of rotatable bonds is 3. The number of hydrogen-bond donors (Lipinski definition) is 1. The van der Waals surface area contributed by atoms with Crippen LogP contribution in [0.3, 0.4) is 0 Å². The second-order valence-corrected chi connectivity index (χ2v) is 4.05. The molecule has 1 aliphatic heterocycles. The van der Waals surface area contributed by atoms with Gasteiger partial charge in [0.2, 0.25) is 5.91 Å². The van der Waals surface area contributed by atoms with Gasteiger partial charge in [0.15, 0.2) is 0 Å². The second-order valence-electron chi connectivity index (χ2n) is 4.05. The number of aliphatic carboxylic acids is 1. The number of carbonyl (C=O) groups excluding carboxylic acids is 1. The lowest BCUT2D eigenvalue weighted by molar-refractivity contribution is -0.139. The molecule has 1 heterocycles. The van der Waals surface area contributed by atoms with Crippen LogP contribution in [0, 0.1) is 0 Å². The molecule has 0 unspecified atom stereocenters. The number of hydrogen-bond acceptors (Lipinski definition) is 3. The van der Waals surface area contributed by atoms with E-state index >= 15 is 0 Å². The Morgan fingerprint density at radius 1 is 1.53 bits per heavy atom. The number of carboxylic acid groups (broad SMARTS) is 1. The Balaban J connectivity index is 2.48. The highest BCUT2D eigenvalue weighted by atomic mass is 16.4. The van der Waals surface area contributed by atoms with Crippen LogP contribution in [0.1, 0.15) is 19.8 Å². The summed E-state index contributed by atoms with van der Waals surface area (Å²) in [6.07, 6.45) is 1.92. The number of piperidine rings is 1. The van der Waals surface area contributed by atoms with Gasteiger partial charge >= 0.3 is 5.97 Å². The molecule has 0 bridgehead atoms. The number of carbonyl (C=O) groups is 2. The van der Waals surface area contributed by atoms with Gasteiger partial charge in [-0.25, -0.2) is 0 Å². The van der Waals surface area contributed by atoms with Crippen molar-refractivity contribution in [3.63, 3.8) is 0 Å². The van der Waals surface area contributed by atoms with Crippen molar-refractivity contribution in [2.45, 2.75) is 25.8 Å². The lowest BCUT2D eigenvalue weighted by Gasteiger charge is -2.36. The Bertz CT molecular complexity index is 255. The van der Waals surface area contributed by atoms with E-state index in [2.05, 4.69) is 0 Å². The van der Waals surface area contributed by atoms with Crippen LogP contribution >= 0.6 is 0 Å². The molecule has 5 nitrogen and oxygen atoms in total. The maximum Gasteiger partial charge on any atom is 0.317 e. The van der Waals surface area contributed by atoms with Gasteiger partial charge in [0.05, 0.1) is 6.54 Å². The maximum atomic E-state index is 11.2. The Labute approximate surface area is 89.7 Å². The van der Waals surface area contributed by atoms with Crippen LogP contribution in [0.5, 0.6) is 0 Å². The van der Waals surface area contributed by atoms with E-state index in [0.29, 0.717) is 6.54 Å². The smallest absolute Gasteiger partial charge is 0.317 e. The summed E-state index contributed by atoms with van der Waals surface area (Å²) in [6.45, 7) is 3.09. The number of likely N-dealkylation sites (N-methyl/N-ethyl adjacent to an activating group) is 1. The highest BCUT2D eigenvalue weighted by molar-refractivity contribution is 5.73. The molecule has 1 fully saturated rings. The Morgan fingerprint density at radius 2 is 2.20 bits per heavy atom. The van der Waals surface area contributed by atoms with E-state index in [1.54, 1.807) is 11.9 Å². The summed E-state index contributed by atoms with van der Waals surface area (Å²) >= 11 is 0. The molecule has 1 atom stereocenters. The van der Waals surface area contributed by atoms with Crippen molar-refractivity contribution in [2.75, 3.05) is 26.7 Å². The van der Waals surface area contributed by atoms with Crippen LogP contribution in [0.4, 0.5) is 0 Å². The van der Waals surface area contributed by atoms with Crippen molar-refractivity contribution >= 4 is 11.9 Å². The zero-order valence-electron chi connectivity index (χ0n) is 9.27. The molecule has 0 radical (unpaired) electrons. The fraction of sp³-hybridized carbons (Fsp3) is 0.800. The first-order valence-corrected chi connectivity index (χ1v) is 5.18. The second kappa shape index (κ2) is 5.11. The molecule has 0 aromatic rings. The Morgan fingerprint density at radius 3 is 2.73 bits per heavy atom. The topological polar surface area (TPSA) is 60.9 Å². The van der Waals surface area contributed by atoms with Crippen LogP contribution in [-0.4, -0.2) is 59.5 Å². The van der Waals surface area contributed by atoms with Crippen molar-refractivity contribution in [1.29, 1.82) is 0 Å². The summed E-state index contributed by atoms with van der Waals surface area (Å²) < 4.78 is 0. The predicted molar refractivity (Wildman–Crippen MR) is 55.5 cm³/mol. The fourth-order valence-corrected chi connectivity index (χ4v) is 1.94. The van der Waals surface area contributed by atoms with Crippen molar-refractivity contribution in [3.05, 3.63) is 0 Å². The van der Waals surface area contributed by atoms with Crippen LogP contribution in [-0.2, 0) is 9.59 Å². The monoisotopic (exact) mass is 214 g/mol. The molecule has 1 rings (SSSR count). The Hall–Kier alpha value is -1.10. The van der Waals surface area contributed by atoms with E-state index in [-0.39, 0.29) is 18.5 Å². The van der Waals surface area contributed by atoms with Crippen LogP contribution in [0.15, 0.2) is 0 Å². The van der Waals surface area contributed by atoms with Gasteiger partial charge in [-0.3, -0.25) is 14.5 Å². The quantitative estimate of drug-likeness (QED) is 0.719. The van der Waals surface area contributed by atoms with Gasteiger partial charge in [-0.1, -0.05) is 0 Å². The molecule has 15 heavy (non-hydrogen) atoms. The average Bonchev–Trinajstić information content (AvgIpc) is 2.16. The SMILES string of the molecule is CC(=O)N(C)[C@H]1CCCN(CC(=O)O)C1. The third-order valence-electron chi connectivity index (χ3n) is 2.88. The highest BCUT2D eigenvalue weighted by Gasteiger charge is 2.25. The molecule has 0 saturated carbocycles. The number of carboxylic acids is 1. The third kappa shape index (κ3) is 3.51. The van der Waals surface area contributed by atoms with Crippen molar-refractivity contribution in [2.24, 2.45) is 0 Å². The zero-order chi connectivity index (χ0) is 11.4. The highest BCUT2D eigenvalue weighted by Crippen LogP contribution is 2.14. The van der Waals surface area contributed by atoms with Crippen molar-refractivity contribution < 1.29 is 14.7 Å². The van der Waals surface area contributed by atoms with Gasteiger partial charge < -0.3 is 10.0 Å². The zero-order valence-corrected chi connectivity index (χ0v) is 9.27. The summed E-state index contributed by atoms with van der Waals surface area (Å²) in [7, 11) is 1.78. The van der Waals surface area contributed by atoms with Gasteiger partial charge in [-0.05, 0) is 19.4 Å². The lowest BCUT2D eigenvalue weighted by Crippen LogP contribution is -2.49. The number of amides is 1. The van der Waals surface area contributed by atoms with Gasteiger partial charge in [0.25, 0.3) is 0 Å². The van der Waals surface area contributed by atoms with Crippen LogP contribution in [0.25, 0.3) is 0 Å². The molecule has 5 heteroatoms. The number of nitrogens with zero attached hydrogens (tertiary/aromatic N) is 2. The lowest BCUT2D eigenvalue weighted by atomic mass is 10.0. The summed E-state index contributed by atoms with van der Waals surface area (Å²) in [5, 5.41) is 8.68. The molecule has 0 aliphatic carbocycles. The third-order valence-corrected chi connectivity index (χ3v) is 2.88. The summed E-state index contributed by atoms with van der Waals surface area (Å²) in [6, 6.07) is 0.163. The molecule has 1 aliphatic rings. The molecule has 0 aromatic carbocycles. The first-order chi connectivity index (χ1) is 7.00. The molecule has 0 spiro atoms. The van der Waals surface area contributed by atoms with Gasteiger partial charge in [-0.2, -0.15) is 0 Å². The van der Waals surface area contributed by atoms with E-state index in [1.165, 1.54) is 6.92 Å². The van der Waals surface area contributed by atoms with E-state index < -0.39 is 5.97 Å². The number of likely N-dealkylation sites (tertiary alicyclic amines) is 1. The van der Waals surface area contributed by atoms with E-state index in [0.717, 1.165) is 19.4 Å². The molecular weight excluding hydrogens is 196 g/mol. The van der Waals surface area contributed by atoms with E-state index in [9.17, 15) is 9.59 Å². The molecule has 86 valence electrons. The van der Waals surface area contributed by atoms with Crippen molar-refractivity contribution in [3.8, 4) is 0 Å². The van der Waals surface area contributed by atoms with Gasteiger partial charge in [0, 0.05) is 26.6 Å². The van der Waals surface area contributed by atoms with Crippen LogP contribution in [0.2, 0.25) is 0 Å². The fourth-order valence-electron chi connectivity index (χ4n) is 1.94.